The quantitative estimate of drug-likeness (QED) is 0.118. The minimum atomic E-state index is -2.26. The van der Waals surface area contributed by atoms with E-state index in [0.29, 0.717) is 0 Å². The van der Waals surface area contributed by atoms with Gasteiger partial charge in [0.1, 0.15) is 19.2 Å². The first-order valence-corrected chi connectivity index (χ1v) is 25.8. The van der Waals surface area contributed by atoms with Gasteiger partial charge < -0.3 is 14.2 Å². The van der Waals surface area contributed by atoms with Gasteiger partial charge >= 0.3 is 0 Å². The fourth-order valence-corrected chi connectivity index (χ4v) is 14.0. The second kappa shape index (κ2) is 14.9. The van der Waals surface area contributed by atoms with Crippen molar-refractivity contribution >= 4 is 107 Å². The van der Waals surface area contributed by atoms with E-state index in [-0.39, 0.29) is 0 Å². The first kappa shape index (κ1) is 38.3. The van der Waals surface area contributed by atoms with E-state index in [0.717, 1.165) is 55.9 Å². The number of nitrogens with zero attached hydrogens (tertiary/aromatic N) is 2. The van der Waals surface area contributed by atoms with Gasteiger partial charge in [0.15, 0.2) is 0 Å². The SMILES string of the molecule is C[Si]1(C)c2cc(N(c3ccccc3)c3ccccc3)ccc2-c2cc3c4ccccc4c(N(c4ccc5c(c4)oc4ccccc45)c4ccccc4-c4ccccc4)cc3c3cccc1c23. The molecule has 0 bridgehead atoms. The monoisotopic (exact) mass is 860 g/mol. The van der Waals surface area contributed by atoms with Gasteiger partial charge in [-0.25, -0.2) is 0 Å². The summed E-state index contributed by atoms with van der Waals surface area (Å²) in [5.41, 5.74) is 13.5. The van der Waals surface area contributed by atoms with Crippen molar-refractivity contribution in [3.05, 3.63) is 231 Å². The van der Waals surface area contributed by atoms with Gasteiger partial charge in [0.2, 0.25) is 0 Å². The molecule has 3 nitrogen and oxygen atoms in total. The van der Waals surface area contributed by atoms with Crippen LogP contribution in [0.5, 0.6) is 0 Å². The van der Waals surface area contributed by atoms with Crippen LogP contribution in [0.4, 0.5) is 34.1 Å². The Morgan fingerprint density at radius 3 is 1.68 bits per heavy atom. The number of benzene rings is 11. The van der Waals surface area contributed by atoms with Gasteiger partial charge in [-0.2, -0.15) is 0 Å². The molecule has 0 spiro atoms. The molecule has 13 rings (SSSR count). The summed E-state index contributed by atoms with van der Waals surface area (Å²) in [5, 5.41) is 12.8. The molecule has 66 heavy (non-hydrogen) atoms. The van der Waals surface area contributed by atoms with E-state index in [1.807, 2.05) is 6.07 Å². The molecule has 2 heterocycles. The van der Waals surface area contributed by atoms with Crippen molar-refractivity contribution in [1.82, 2.24) is 0 Å². The van der Waals surface area contributed by atoms with Gasteiger partial charge in [0.25, 0.3) is 0 Å². The number of hydrogen-bond donors (Lipinski definition) is 0. The normalized spacial score (nSPS) is 12.8. The summed E-state index contributed by atoms with van der Waals surface area (Å²) >= 11 is 0. The Bertz CT molecular complexity index is 3820. The van der Waals surface area contributed by atoms with Crippen molar-refractivity contribution in [2.45, 2.75) is 13.1 Å². The molecule has 0 saturated heterocycles. The predicted octanol–water partition coefficient (Wildman–Crippen LogP) is 16.5. The van der Waals surface area contributed by atoms with Crippen molar-refractivity contribution in [2.24, 2.45) is 0 Å². The Labute approximate surface area is 385 Å². The summed E-state index contributed by atoms with van der Waals surface area (Å²) in [4.78, 5) is 4.86. The molecule has 1 aliphatic rings. The molecule has 0 unspecified atom stereocenters. The molecule has 0 saturated carbocycles. The maximum absolute atomic E-state index is 6.58. The first-order valence-electron chi connectivity index (χ1n) is 22.8. The number of para-hydroxylation sites is 4. The zero-order valence-corrected chi connectivity index (χ0v) is 37.7. The summed E-state index contributed by atoms with van der Waals surface area (Å²) in [6.07, 6.45) is 0. The van der Waals surface area contributed by atoms with Crippen LogP contribution in [0.1, 0.15) is 0 Å². The Hall–Kier alpha value is -8.18. The third kappa shape index (κ3) is 5.89. The standard InChI is InChI=1S/C62H44N2OSi/c1-66(2)60-32-18-29-52-54-40-57(64(56-30-16-14-25-46(56)41-19-6-3-7-20-41)44-33-35-50-49-28-15-17-31-58(49)65-59(50)37-44)48-27-13-12-26-47(48)53(54)39-55(62(52)60)51-36-34-45(38-61(51)66)63(42-21-8-4-9-22-42)43-23-10-5-11-24-43/h3-40H,1-2H3. The second-order valence-electron chi connectivity index (χ2n) is 18.0. The highest BCUT2D eigenvalue weighted by molar-refractivity contribution is 7.03. The third-order valence-corrected chi connectivity index (χ3v) is 17.5. The lowest BCUT2D eigenvalue weighted by Crippen LogP contribution is -2.56. The van der Waals surface area contributed by atoms with Crippen molar-refractivity contribution in [3.63, 3.8) is 0 Å². The predicted molar refractivity (Wildman–Crippen MR) is 283 cm³/mol. The van der Waals surface area contributed by atoms with E-state index < -0.39 is 8.07 Å². The van der Waals surface area contributed by atoms with Crippen LogP contribution >= 0.6 is 0 Å². The number of rotatable bonds is 7. The van der Waals surface area contributed by atoms with Gasteiger partial charge in [-0.3, -0.25) is 0 Å². The van der Waals surface area contributed by atoms with Gasteiger partial charge in [-0.1, -0.05) is 165 Å². The average Bonchev–Trinajstić information content (AvgIpc) is 3.75. The zero-order valence-electron chi connectivity index (χ0n) is 36.7. The van der Waals surface area contributed by atoms with E-state index in [9.17, 15) is 0 Å². The number of hydrogen-bond acceptors (Lipinski definition) is 3. The first-order chi connectivity index (χ1) is 32.5. The molecule has 0 amide bonds. The van der Waals surface area contributed by atoms with Crippen molar-refractivity contribution in [1.29, 1.82) is 0 Å². The topological polar surface area (TPSA) is 19.6 Å². The van der Waals surface area contributed by atoms with Crippen LogP contribution < -0.4 is 20.2 Å². The molecule has 1 aromatic heterocycles. The Balaban J connectivity index is 1.07. The van der Waals surface area contributed by atoms with E-state index in [4.69, 9.17) is 4.42 Å². The van der Waals surface area contributed by atoms with Crippen molar-refractivity contribution in [3.8, 4) is 22.3 Å². The minimum absolute atomic E-state index is 0.868. The van der Waals surface area contributed by atoms with Crippen LogP contribution in [0.3, 0.4) is 0 Å². The second-order valence-corrected chi connectivity index (χ2v) is 22.4. The summed E-state index contributed by atoms with van der Waals surface area (Å²) in [6, 6.07) is 84.4. The Kier molecular flexibility index (Phi) is 8.67. The molecule has 4 heteroatoms. The van der Waals surface area contributed by atoms with Gasteiger partial charge in [-0.15, -0.1) is 0 Å². The molecule has 0 aliphatic carbocycles. The summed E-state index contributed by atoms with van der Waals surface area (Å²) in [7, 11) is -2.26. The van der Waals surface area contributed by atoms with Crippen LogP contribution in [0.2, 0.25) is 13.1 Å². The summed E-state index contributed by atoms with van der Waals surface area (Å²) in [5.74, 6) is 0. The van der Waals surface area contributed by atoms with Crippen LogP contribution in [-0.2, 0) is 0 Å². The van der Waals surface area contributed by atoms with E-state index in [1.165, 1.54) is 65.1 Å². The van der Waals surface area contributed by atoms with Crippen LogP contribution in [0, 0.1) is 0 Å². The highest BCUT2D eigenvalue weighted by Crippen LogP contribution is 2.49. The van der Waals surface area contributed by atoms with E-state index in [2.05, 4.69) is 247 Å². The lowest BCUT2D eigenvalue weighted by Gasteiger charge is -2.36. The number of furan rings is 1. The maximum Gasteiger partial charge on any atom is 0.137 e. The molecular formula is C62H44N2OSi. The largest absolute Gasteiger partial charge is 0.456 e. The fourth-order valence-electron chi connectivity index (χ4n) is 10.9. The number of fused-ring (bicyclic) bond motifs is 9. The summed E-state index contributed by atoms with van der Waals surface area (Å²) < 4.78 is 6.58. The maximum atomic E-state index is 6.58. The van der Waals surface area contributed by atoms with Crippen LogP contribution in [-0.4, -0.2) is 8.07 Å². The molecule has 312 valence electrons. The molecule has 0 N–H and O–H groups in total. The lowest BCUT2D eigenvalue weighted by atomic mass is 9.89. The van der Waals surface area contributed by atoms with E-state index in [1.54, 1.807) is 0 Å². The minimum Gasteiger partial charge on any atom is -0.456 e. The smallest absolute Gasteiger partial charge is 0.137 e. The number of anilines is 6. The average molecular weight is 861 g/mol. The fraction of sp³-hybridized carbons (Fsp3) is 0.0323. The molecule has 12 aromatic rings. The Morgan fingerprint density at radius 2 is 0.909 bits per heavy atom. The van der Waals surface area contributed by atoms with Crippen molar-refractivity contribution in [2.75, 3.05) is 9.80 Å². The molecule has 0 atom stereocenters. The highest BCUT2D eigenvalue weighted by Gasteiger charge is 2.37. The third-order valence-electron chi connectivity index (χ3n) is 14.0. The van der Waals surface area contributed by atoms with Crippen molar-refractivity contribution < 1.29 is 4.42 Å². The van der Waals surface area contributed by atoms with Gasteiger partial charge in [0, 0.05) is 50.5 Å². The van der Waals surface area contributed by atoms with Crippen LogP contribution in [0.15, 0.2) is 235 Å². The highest BCUT2D eigenvalue weighted by atomic mass is 28.3. The zero-order chi connectivity index (χ0) is 43.9. The van der Waals surface area contributed by atoms with Crippen LogP contribution in [0.25, 0.3) is 76.5 Å². The molecule has 0 radical (unpaired) electrons. The molecule has 11 aromatic carbocycles. The molecule has 1 aliphatic heterocycles. The van der Waals surface area contributed by atoms with Gasteiger partial charge in [0.05, 0.1) is 11.4 Å². The summed E-state index contributed by atoms with van der Waals surface area (Å²) in [6.45, 7) is 5.07. The van der Waals surface area contributed by atoms with Gasteiger partial charge in [-0.05, 0) is 127 Å². The lowest BCUT2D eigenvalue weighted by molar-refractivity contribution is 0.669. The molecular weight excluding hydrogens is 817 g/mol. The van der Waals surface area contributed by atoms with E-state index >= 15 is 0 Å². The molecule has 0 fully saturated rings. The Morgan fingerprint density at radius 1 is 0.318 bits per heavy atom.